The lowest BCUT2D eigenvalue weighted by molar-refractivity contribution is -0.760. The predicted molar refractivity (Wildman–Crippen MR) is 47.5 cm³/mol. The molecule has 0 bridgehead atoms. The topological polar surface area (TPSA) is 24.1 Å². The van der Waals surface area contributed by atoms with E-state index in [1.165, 1.54) is 5.56 Å². The second-order valence-electron chi connectivity index (χ2n) is 3.10. The lowest BCUT2D eigenvalue weighted by Gasteiger charge is -2.03. The van der Waals surface area contributed by atoms with E-state index in [2.05, 4.69) is 6.92 Å². The number of pyridine rings is 1. The first kappa shape index (κ1) is 9.20. The third-order valence-corrected chi connectivity index (χ3v) is 1.86. The lowest BCUT2D eigenvalue weighted by Crippen LogP contribution is -2.38. The smallest absolute Gasteiger partial charge is 0.259 e. The Morgan fingerprint density at radius 2 is 2.33 bits per heavy atom. The van der Waals surface area contributed by atoms with Crippen molar-refractivity contribution in [2.45, 2.75) is 32.9 Å². The number of nitrogens with zero attached hydrogens (tertiary/aromatic N) is 1. The molecular weight excluding hydrogens is 150 g/mol. The third kappa shape index (κ3) is 2.31. The number of aromatic nitrogens is 1. The maximum Gasteiger partial charge on any atom is 0.259 e. The molecule has 0 fully saturated rings. The van der Waals surface area contributed by atoms with Crippen molar-refractivity contribution in [3.63, 3.8) is 0 Å². The Bertz CT molecular complexity index is 247. The summed E-state index contributed by atoms with van der Waals surface area (Å²) in [6, 6.07) is 3.98. The van der Waals surface area contributed by atoms with Crippen LogP contribution in [0.15, 0.2) is 24.5 Å². The number of aliphatic hydroxyl groups is 1. The van der Waals surface area contributed by atoms with Crippen LogP contribution < -0.4 is 4.57 Å². The minimum Gasteiger partial charge on any atom is -0.337 e. The van der Waals surface area contributed by atoms with Crippen LogP contribution in [0.1, 0.15) is 31.6 Å². The molecule has 1 N–H and O–H groups in total. The number of rotatable bonds is 3. The fraction of sp³-hybridized carbons (Fsp3) is 0.500. The van der Waals surface area contributed by atoms with Crippen molar-refractivity contribution in [2.75, 3.05) is 0 Å². The van der Waals surface area contributed by atoms with Crippen molar-refractivity contribution < 1.29 is 9.67 Å². The summed E-state index contributed by atoms with van der Waals surface area (Å²) in [5.74, 6) is 0. The molecule has 2 nitrogen and oxygen atoms in total. The van der Waals surface area contributed by atoms with Crippen LogP contribution in [-0.2, 0) is 0 Å². The molecule has 0 aliphatic rings. The first-order chi connectivity index (χ1) is 5.74. The fourth-order valence-electron chi connectivity index (χ4n) is 1.21. The Balaban J connectivity index is 2.73. The van der Waals surface area contributed by atoms with Gasteiger partial charge in [0.05, 0.1) is 0 Å². The summed E-state index contributed by atoms with van der Waals surface area (Å²) in [5, 5.41) is 9.61. The molecule has 1 aromatic heterocycles. The number of aliphatic hydroxyl groups excluding tert-OH is 1. The normalized spacial score (nSPS) is 12.9. The molecule has 0 aliphatic carbocycles. The van der Waals surface area contributed by atoms with Gasteiger partial charge in [0.1, 0.15) is 0 Å². The van der Waals surface area contributed by atoms with Gasteiger partial charge >= 0.3 is 0 Å². The summed E-state index contributed by atoms with van der Waals surface area (Å²) in [5.41, 5.74) is 1.17. The first-order valence-electron chi connectivity index (χ1n) is 4.39. The van der Waals surface area contributed by atoms with Gasteiger partial charge in [-0.1, -0.05) is 6.92 Å². The van der Waals surface area contributed by atoms with E-state index in [-0.39, 0.29) is 6.23 Å². The van der Waals surface area contributed by atoms with Gasteiger partial charge in [-0.2, -0.15) is 4.57 Å². The Morgan fingerprint density at radius 1 is 1.58 bits per heavy atom. The van der Waals surface area contributed by atoms with Gasteiger partial charge in [0.25, 0.3) is 6.23 Å². The Kier molecular flexibility index (Phi) is 3.23. The van der Waals surface area contributed by atoms with E-state index in [1.54, 1.807) is 0 Å². The van der Waals surface area contributed by atoms with Crippen LogP contribution in [0.3, 0.4) is 0 Å². The molecule has 0 aromatic carbocycles. The molecule has 0 radical (unpaired) electrons. The van der Waals surface area contributed by atoms with Gasteiger partial charge in [0.15, 0.2) is 12.4 Å². The minimum absolute atomic E-state index is 0.366. The van der Waals surface area contributed by atoms with Crippen LogP contribution in [0.5, 0.6) is 0 Å². The van der Waals surface area contributed by atoms with Crippen LogP contribution in [-0.4, -0.2) is 5.11 Å². The van der Waals surface area contributed by atoms with Crippen LogP contribution in [0.25, 0.3) is 0 Å². The highest BCUT2D eigenvalue weighted by atomic mass is 16.3. The third-order valence-electron chi connectivity index (χ3n) is 1.86. The fourth-order valence-corrected chi connectivity index (χ4v) is 1.21. The Morgan fingerprint density at radius 3 is 2.92 bits per heavy atom. The van der Waals surface area contributed by atoms with E-state index < -0.39 is 0 Å². The largest absolute Gasteiger partial charge is 0.337 e. The molecule has 0 amide bonds. The van der Waals surface area contributed by atoms with E-state index in [1.807, 2.05) is 36.0 Å². The van der Waals surface area contributed by atoms with Crippen molar-refractivity contribution in [1.29, 1.82) is 0 Å². The van der Waals surface area contributed by atoms with Crippen LogP contribution in [0.4, 0.5) is 0 Å². The molecule has 0 saturated carbocycles. The number of hydrogen-bond acceptors (Lipinski definition) is 1. The Hall–Kier alpha value is -0.890. The second kappa shape index (κ2) is 4.21. The first-order valence-corrected chi connectivity index (χ1v) is 4.39. The quantitative estimate of drug-likeness (QED) is 0.677. The summed E-state index contributed by atoms with van der Waals surface area (Å²) in [4.78, 5) is 0. The SMILES string of the molecule is CCCC(O)[n+]1cccc(C)c1. The molecule has 0 saturated heterocycles. The van der Waals surface area contributed by atoms with Gasteiger partial charge in [-0.25, -0.2) is 0 Å². The Labute approximate surface area is 73.5 Å². The number of aryl methyl sites for hydroxylation is 1. The van der Waals surface area contributed by atoms with E-state index in [4.69, 9.17) is 0 Å². The maximum atomic E-state index is 9.61. The zero-order chi connectivity index (χ0) is 8.97. The average Bonchev–Trinajstić information content (AvgIpc) is 2.05. The summed E-state index contributed by atoms with van der Waals surface area (Å²) in [6.07, 6.45) is 5.30. The van der Waals surface area contributed by atoms with Gasteiger partial charge in [-0.15, -0.1) is 0 Å². The highest BCUT2D eigenvalue weighted by molar-refractivity contribution is 5.01. The monoisotopic (exact) mass is 166 g/mol. The molecule has 1 rings (SSSR count). The van der Waals surface area contributed by atoms with Gasteiger partial charge < -0.3 is 5.11 Å². The molecule has 0 spiro atoms. The molecule has 1 unspecified atom stereocenters. The highest BCUT2D eigenvalue weighted by Gasteiger charge is 2.11. The van der Waals surface area contributed by atoms with Crippen molar-refractivity contribution in [2.24, 2.45) is 0 Å². The summed E-state index contributed by atoms with van der Waals surface area (Å²) in [6.45, 7) is 4.09. The standard InChI is InChI=1S/C10H16NO/c1-3-5-10(12)11-7-4-6-9(2)8-11/h4,6-8,10,12H,3,5H2,1-2H3/q+1. The maximum absolute atomic E-state index is 9.61. The molecule has 1 aromatic rings. The number of hydrogen-bond donors (Lipinski definition) is 1. The van der Waals surface area contributed by atoms with E-state index in [0.29, 0.717) is 0 Å². The van der Waals surface area contributed by atoms with Crippen LogP contribution >= 0.6 is 0 Å². The zero-order valence-electron chi connectivity index (χ0n) is 7.70. The van der Waals surface area contributed by atoms with Gasteiger partial charge in [0.2, 0.25) is 0 Å². The molecule has 12 heavy (non-hydrogen) atoms. The van der Waals surface area contributed by atoms with Crippen molar-refractivity contribution in [1.82, 2.24) is 0 Å². The molecule has 66 valence electrons. The molecular formula is C10H16NO+. The van der Waals surface area contributed by atoms with Gasteiger partial charge in [0, 0.05) is 18.1 Å². The van der Waals surface area contributed by atoms with Crippen molar-refractivity contribution in [3.05, 3.63) is 30.1 Å². The molecule has 1 heterocycles. The summed E-state index contributed by atoms with van der Waals surface area (Å²) < 4.78 is 1.85. The van der Waals surface area contributed by atoms with Crippen molar-refractivity contribution in [3.8, 4) is 0 Å². The zero-order valence-corrected chi connectivity index (χ0v) is 7.70. The molecule has 2 heteroatoms. The van der Waals surface area contributed by atoms with E-state index in [0.717, 1.165) is 12.8 Å². The average molecular weight is 166 g/mol. The van der Waals surface area contributed by atoms with Crippen molar-refractivity contribution >= 4 is 0 Å². The summed E-state index contributed by atoms with van der Waals surface area (Å²) in [7, 11) is 0. The van der Waals surface area contributed by atoms with Gasteiger partial charge in [-0.05, 0) is 19.4 Å². The highest BCUT2D eigenvalue weighted by Crippen LogP contribution is 2.01. The van der Waals surface area contributed by atoms with E-state index >= 15 is 0 Å². The van der Waals surface area contributed by atoms with Crippen LogP contribution in [0, 0.1) is 6.92 Å². The second-order valence-corrected chi connectivity index (χ2v) is 3.10. The van der Waals surface area contributed by atoms with E-state index in [9.17, 15) is 5.11 Å². The molecule has 1 atom stereocenters. The lowest BCUT2D eigenvalue weighted by atomic mass is 10.2. The predicted octanol–water partition coefficient (Wildman–Crippen LogP) is 1.57. The molecule has 0 aliphatic heterocycles. The minimum atomic E-state index is -0.366. The van der Waals surface area contributed by atoms with Gasteiger partial charge in [-0.3, -0.25) is 0 Å². The van der Waals surface area contributed by atoms with Crippen LogP contribution in [0.2, 0.25) is 0 Å². The summed E-state index contributed by atoms with van der Waals surface area (Å²) >= 11 is 0.